The molecule has 0 aromatic carbocycles. The monoisotopic (exact) mass is 927 g/mol. The molecule has 386 valence electrons. The van der Waals surface area contributed by atoms with E-state index in [1.807, 2.05) is 0 Å². The topological polar surface area (TPSA) is 78.9 Å². The number of hydrogen-bond acceptors (Lipinski definition) is 6. The van der Waals surface area contributed by atoms with Crippen LogP contribution in [0.3, 0.4) is 0 Å². The van der Waals surface area contributed by atoms with E-state index in [4.69, 9.17) is 14.2 Å². The highest BCUT2D eigenvalue weighted by Gasteiger charge is 2.19. The van der Waals surface area contributed by atoms with Gasteiger partial charge < -0.3 is 14.2 Å². The van der Waals surface area contributed by atoms with E-state index in [0.29, 0.717) is 19.3 Å². The highest BCUT2D eigenvalue weighted by molar-refractivity contribution is 5.71. The van der Waals surface area contributed by atoms with Crippen LogP contribution in [0.2, 0.25) is 0 Å². The van der Waals surface area contributed by atoms with Gasteiger partial charge in [0.15, 0.2) is 6.10 Å². The second-order valence-electron chi connectivity index (χ2n) is 19.6. The van der Waals surface area contributed by atoms with Crippen molar-refractivity contribution in [2.45, 2.75) is 316 Å². The molecule has 0 heterocycles. The number of esters is 3. The van der Waals surface area contributed by atoms with E-state index in [-0.39, 0.29) is 31.1 Å². The zero-order chi connectivity index (χ0) is 47.9. The fourth-order valence-electron chi connectivity index (χ4n) is 8.47. The molecule has 1 atom stereocenters. The molecule has 1 unspecified atom stereocenters. The van der Waals surface area contributed by atoms with Crippen molar-refractivity contribution in [3.05, 3.63) is 36.5 Å². The lowest BCUT2D eigenvalue weighted by Gasteiger charge is -2.18. The minimum absolute atomic E-state index is 0.0751. The van der Waals surface area contributed by atoms with Gasteiger partial charge >= 0.3 is 17.9 Å². The van der Waals surface area contributed by atoms with Gasteiger partial charge in [0.05, 0.1) is 0 Å². The molecule has 0 spiro atoms. The Morgan fingerprint density at radius 3 is 0.864 bits per heavy atom. The summed E-state index contributed by atoms with van der Waals surface area (Å²) in [4.78, 5) is 38.0. The highest BCUT2D eigenvalue weighted by Crippen LogP contribution is 2.16. The minimum Gasteiger partial charge on any atom is -0.462 e. The first-order chi connectivity index (χ1) is 32.5. The van der Waals surface area contributed by atoms with Crippen LogP contribution in [0.25, 0.3) is 0 Å². The van der Waals surface area contributed by atoms with Crippen molar-refractivity contribution >= 4 is 17.9 Å². The molecule has 0 aliphatic rings. The third kappa shape index (κ3) is 52.6. The van der Waals surface area contributed by atoms with Crippen molar-refractivity contribution in [3.8, 4) is 0 Å². The normalized spacial score (nSPS) is 12.2. The molecule has 0 aliphatic heterocycles. The van der Waals surface area contributed by atoms with Gasteiger partial charge in [-0.05, 0) is 77.0 Å². The number of ether oxygens (including phenoxy) is 3. The van der Waals surface area contributed by atoms with E-state index in [1.54, 1.807) is 0 Å². The summed E-state index contributed by atoms with van der Waals surface area (Å²) in [6, 6.07) is 0. The Morgan fingerprint density at radius 1 is 0.303 bits per heavy atom. The van der Waals surface area contributed by atoms with Crippen LogP contribution in [0.15, 0.2) is 36.5 Å². The number of hydrogen-bond donors (Lipinski definition) is 0. The molecular weight excluding hydrogens is 817 g/mol. The standard InChI is InChI=1S/C60H110O6/c1-4-7-10-13-16-19-21-23-25-27-28-29-30-31-32-33-35-36-38-41-44-47-50-53-59(62)65-56-57(55-64-58(61)52-49-46-43-40-18-15-12-9-6-3)66-60(63)54-51-48-45-42-39-37-34-26-24-22-20-17-14-11-8-5-2/h20,22,26-28,34,57H,4-19,21,23-25,29-33,35-56H2,1-3H3/b22-20-,28-27-,34-26-. The lowest BCUT2D eigenvalue weighted by molar-refractivity contribution is -0.167. The molecular formula is C60H110O6. The van der Waals surface area contributed by atoms with Crippen molar-refractivity contribution in [3.63, 3.8) is 0 Å². The Kier molecular flexibility index (Phi) is 53.2. The largest absolute Gasteiger partial charge is 0.462 e. The number of rotatable bonds is 53. The number of unbranched alkanes of at least 4 members (excludes halogenated alkanes) is 36. The van der Waals surface area contributed by atoms with Crippen LogP contribution >= 0.6 is 0 Å². The van der Waals surface area contributed by atoms with Crippen molar-refractivity contribution in [2.24, 2.45) is 0 Å². The molecule has 0 aliphatic carbocycles. The summed E-state index contributed by atoms with van der Waals surface area (Å²) in [5, 5.41) is 0. The Bertz CT molecular complexity index is 1110. The fourth-order valence-corrected chi connectivity index (χ4v) is 8.47. The Morgan fingerprint density at radius 2 is 0.545 bits per heavy atom. The SMILES string of the molecule is CCCCCC/C=C\C/C=C\CCCCCCCC(=O)OC(COC(=O)CCCCCCCCCCC)COC(=O)CCCCCCCCCCCCC/C=C\CCCCCCCCCC. The number of allylic oxidation sites excluding steroid dienone is 6. The molecule has 0 saturated carbocycles. The maximum absolute atomic E-state index is 12.8. The van der Waals surface area contributed by atoms with Crippen molar-refractivity contribution in [1.29, 1.82) is 0 Å². The van der Waals surface area contributed by atoms with E-state index in [1.165, 1.54) is 186 Å². The van der Waals surface area contributed by atoms with Crippen LogP contribution in [0.5, 0.6) is 0 Å². The predicted octanol–water partition coefficient (Wildman–Crippen LogP) is 19.3. The first kappa shape index (κ1) is 63.6. The van der Waals surface area contributed by atoms with E-state index in [0.717, 1.165) is 83.5 Å². The average molecular weight is 928 g/mol. The predicted molar refractivity (Wildman–Crippen MR) is 284 cm³/mol. The summed E-state index contributed by atoms with van der Waals surface area (Å²) in [6.45, 7) is 6.62. The molecule has 0 radical (unpaired) electrons. The van der Waals surface area contributed by atoms with Crippen LogP contribution in [-0.2, 0) is 28.6 Å². The summed E-state index contributed by atoms with van der Waals surface area (Å²) in [5.41, 5.74) is 0. The maximum Gasteiger partial charge on any atom is 0.306 e. The smallest absolute Gasteiger partial charge is 0.306 e. The van der Waals surface area contributed by atoms with Crippen molar-refractivity contribution in [2.75, 3.05) is 13.2 Å². The molecule has 0 fully saturated rings. The number of carbonyl (C=O) groups is 3. The summed E-state index contributed by atoms with van der Waals surface area (Å²) in [6.07, 6.45) is 65.8. The molecule has 6 heteroatoms. The lowest BCUT2D eigenvalue weighted by Crippen LogP contribution is -2.30. The Balaban J connectivity index is 4.22. The molecule has 0 N–H and O–H groups in total. The van der Waals surface area contributed by atoms with E-state index in [9.17, 15) is 14.4 Å². The van der Waals surface area contributed by atoms with Crippen LogP contribution < -0.4 is 0 Å². The van der Waals surface area contributed by atoms with Crippen LogP contribution in [0.1, 0.15) is 310 Å². The summed E-state index contributed by atoms with van der Waals surface area (Å²) in [5.74, 6) is -0.878. The third-order valence-electron chi connectivity index (χ3n) is 12.9. The average Bonchev–Trinajstić information content (AvgIpc) is 3.31. The summed E-state index contributed by atoms with van der Waals surface area (Å²) >= 11 is 0. The zero-order valence-corrected chi connectivity index (χ0v) is 44.2. The van der Waals surface area contributed by atoms with Gasteiger partial charge in [0, 0.05) is 19.3 Å². The van der Waals surface area contributed by atoms with Gasteiger partial charge in [0.25, 0.3) is 0 Å². The fraction of sp³-hybridized carbons (Fsp3) is 0.850. The van der Waals surface area contributed by atoms with Crippen LogP contribution in [0.4, 0.5) is 0 Å². The lowest BCUT2D eigenvalue weighted by atomic mass is 10.0. The van der Waals surface area contributed by atoms with Crippen molar-refractivity contribution in [1.82, 2.24) is 0 Å². The van der Waals surface area contributed by atoms with E-state index < -0.39 is 6.10 Å². The van der Waals surface area contributed by atoms with E-state index in [2.05, 4.69) is 57.2 Å². The maximum atomic E-state index is 12.8. The van der Waals surface area contributed by atoms with E-state index >= 15 is 0 Å². The number of carbonyl (C=O) groups excluding carboxylic acids is 3. The molecule has 6 nitrogen and oxygen atoms in total. The highest BCUT2D eigenvalue weighted by atomic mass is 16.6. The molecule has 0 aromatic rings. The second-order valence-corrected chi connectivity index (χ2v) is 19.6. The van der Waals surface area contributed by atoms with Crippen LogP contribution in [0, 0.1) is 0 Å². The van der Waals surface area contributed by atoms with Gasteiger partial charge in [0.1, 0.15) is 13.2 Å². The quantitative estimate of drug-likeness (QED) is 0.0262. The Labute approximate surface area is 410 Å². The molecule has 66 heavy (non-hydrogen) atoms. The molecule has 0 bridgehead atoms. The van der Waals surface area contributed by atoms with Crippen molar-refractivity contribution < 1.29 is 28.6 Å². The summed E-state index contributed by atoms with van der Waals surface area (Å²) < 4.78 is 16.8. The van der Waals surface area contributed by atoms with Crippen LogP contribution in [-0.4, -0.2) is 37.2 Å². The minimum atomic E-state index is -0.776. The summed E-state index contributed by atoms with van der Waals surface area (Å²) in [7, 11) is 0. The van der Waals surface area contributed by atoms with Gasteiger partial charge in [-0.15, -0.1) is 0 Å². The first-order valence-electron chi connectivity index (χ1n) is 29.0. The van der Waals surface area contributed by atoms with Gasteiger partial charge in [0.2, 0.25) is 0 Å². The molecule has 0 amide bonds. The second kappa shape index (κ2) is 55.2. The Hall–Kier alpha value is -2.37. The first-order valence-corrected chi connectivity index (χ1v) is 29.0. The van der Waals surface area contributed by atoms with Gasteiger partial charge in [-0.25, -0.2) is 0 Å². The molecule has 0 saturated heterocycles. The molecule has 0 aromatic heterocycles. The van der Waals surface area contributed by atoms with Gasteiger partial charge in [-0.3, -0.25) is 14.4 Å². The van der Waals surface area contributed by atoms with Gasteiger partial charge in [-0.2, -0.15) is 0 Å². The van der Waals surface area contributed by atoms with Gasteiger partial charge in [-0.1, -0.05) is 250 Å². The zero-order valence-electron chi connectivity index (χ0n) is 44.2. The molecule has 0 rings (SSSR count). The third-order valence-corrected chi connectivity index (χ3v) is 12.9.